The third kappa shape index (κ3) is 1.24. The molecule has 0 spiro atoms. The van der Waals surface area contributed by atoms with Crippen LogP contribution in [-0.4, -0.2) is 12.0 Å². The van der Waals surface area contributed by atoms with Gasteiger partial charge in [0.15, 0.2) is 5.78 Å². The van der Waals surface area contributed by atoms with Crippen LogP contribution >= 0.6 is 11.8 Å². The molecule has 0 radical (unpaired) electrons. The second-order valence-electron chi connectivity index (χ2n) is 3.27. The Morgan fingerprint density at radius 1 is 1.42 bits per heavy atom. The zero-order valence-corrected chi connectivity index (χ0v) is 8.04. The number of allylic oxidation sites excluding steroid dienone is 4. The first-order valence-corrected chi connectivity index (χ1v) is 5.53. The van der Waals surface area contributed by atoms with Crippen molar-refractivity contribution >= 4 is 17.5 Å². The Hall–Kier alpha value is -0.500. The quantitative estimate of drug-likeness (QED) is 0.617. The highest BCUT2D eigenvalue weighted by molar-refractivity contribution is 8.02. The summed E-state index contributed by atoms with van der Waals surface area (Å²) in [5.74, 6) is 0.299. The zero-order valence-electron chi connectivity index (χ0n) is 7.22. The molecule has 0 fully saturated rings. The normalized spacial score (nSPS) is 22.8. The number of rotatable bonds is 1. The third-order valence-electron chi connectivity index (χ3n) is 2.51. The van der Waals surface area contributed by atoms with E-state index in [1.807, 2.05) is 17.8 Å². The summed E-state index contributed by atoms with van der Waals surface area (Å²) in [5, 5.41) is 0. The number of fused-ring (bicyclic) bond motifs is 1. The Bertz CT molecular complexity index is 286. The van der Waals surface area contributed by atoms with E-state index in [0.717, 1.165) is 6.42 Å². The van der Waals surface area contributed by atoms with Gasteiger partial charge >= 0.3 is 0 Å². The van der Waals surface area contributed by atoms with E-state index in [1.165, 1.54) is 28.9 Å². The van der Waals surface area contributed by atoms with Crippen LogP contribution in [-0.2, 0) is 4.79 Å². The molecule has 0 bridgehead atoms. The molecule has 0 atom stereocenters. The molecule has 0 saturated carbocycles. The minimum Gasteiger partial charge on any atom is -0.294 e. The van der Waals surface area contributed by atoms with Crippen molar-refractivity contribution in [3.05, 3.63) is 22.1 Å². The maximum Gasteiger partial charge on any atom is 0.160 e. The topological polar surface area (TPSA) is 17.1 Å². The Labute approximate surface area is 76.9 Å². The molecule has 12 heavy (non-hydrogen) atoms. The molecule has 1 nitrogen and oxygen atoms in total. The summed E-state index contributed by atoms with van der Waals surface area (Å²) in [4.78, 5) is 12.6. The van der Waals surface area contributed by atoms with Crippen molar-refractivity contribution in [3.8, 4) is 0 Å². The lowest BCUT2D eigenvalue weighted by molar-refractivity contribution is -0.113. The van der Waals surface area contributed by atoms with Gasteiger partial charge in [-0.1, -0.05) is 0 Å². The molecule has 0 N–H and O–H groups in total. The molecule has 0 aromatic heterocycles. The Morgan fingerprint density at radius 3 is 3.00 bits per heavy atom. The van der Waals surface area contributed by atoms with Crippen LogP contribution in [0.1, 0.15) is 25.7 Å². The average Bonchev–Trinajstić information content (AvgIpc) is 2.44. The minimum atomic E-state index is 0.299. The maximum atomic E-state index is 11.2. The number of ketones is 1. The SMILES string of the molecule is CSC1=C2CC(=O)C=C2CCC1. The summed E-state index contributed by atoms with van der Waals surface area (Å²) in [6, 6.07) is 0. The molecular formula is C10H12OS. The van der Waals surface area contributed by atoms with Gasteiger partial charge in [0, 0.05) is 6.42 Å². The molecule has 0 unspecified atom stereocenters. The summed E-state index contributed by atoms with van der Waals surface area (Å²) in [5.41, 5.74) is 2.66. The molecule has 0 aromatic rings. The maximum absolute atomic E-state index is 11.2. The highest BCUT2D eigenvalue weighted by atomic mass is 32.2. The van der Waals surface area contributed by atoms with Gasteiger partial charge in [-0.25, -0.2) is 0 Å². The van der Waals surface area contributed by atoms with Crippen molar-refractivity contribution < 1.29 is 4.79 Å². The standard InChI is InChI=1S/C10H12OS/c1-12-10-4-2-3-7-5-8(11)6-9(7)10/h5H,2-4,6H2,1H3. The van der Waals surface area contributed by atoms with Gasteiger partial charge in [-0.3, -0.25) is 4.79 Å². The summed E-state index contributed by atoms with van der Waals surface area (Å²) in [6.45, 7) is 0. The molecule has 0 heterocycles. The van der Waals surface area contributed by atoms with Gasteiger partial charge in [0.25, 0.3) is 0 Å². The van der Waals surface area contributed by atoms with E-state index in [2.05, 4.69) is 6.26 Å². The monoisotopic (exact) mass is 180 g/mol. The van der Waals surface area contributed by atoms with E-state index in [0.29, 0.717) is 12.2 Å². The largest absolute Gasteiger partial charge is 0.294 e. The van der Waals surface area contributed by atoms with Crippen molar-refractivity contribution in [2.24, 2.45) is 0 Å². The first-order chi connectivity index (χ1) is 5.81. The predicted octanol–water partition coefficient (Wildman–Crippen LogP) is 2.69. The van der Waals surface area contributed by atoms with Crippen LogP contribution in [0.3, 0.4) is 0 Å². The van der Waals surface area contributed by atoms with Crippen molar-refractivity contribution in [1.82, 2.24) is 0 Å². The highest BCUT2D eigenvalue weighted by Crippen LogP contribution is 2.39. The lowest BCUT2D eigenvalue weighted by Crippen LogP contribution is -1.97. The number of hydrogen-bond donors (Lipinski definition) is 0. The third-order valence-corrected chi connectivity index (χ3v) is 3.45. The van der Waals surface area contributed by atoms with Crippen LogP contribution in [0.2, 0.25) is 0 Å². The van der Waals surface area contributed by atoms with Crippen LogP contribution in [0, 0.1) is 0 Å². The van der Waals surface area contributed by atoms with Gasteiger partial charge in [0.05, 0.1) is 0 Å². The Kier molecular flexibility index (Phi) is 2.09. The zero-order chi connectivity index (χ0) is 8.55. The molecular weight excluding hydrogens is 168 g/mol. The predicted molar refractivity (Wildman–Crippen MR) is 52.1 cm³/mol. The average molecular weight is 180 g/mol. The van der Waals surface area contributed by atoms with Crippen molar-refractivity contribution in [1.29, 1.82) is 0 Å². The van der Waals surface area contributed by atoms with Gasteiger partial charge in [0.2, 0.25) is 0 Å². The number of thioether (sulfide) groups is 1. The van der Waals surface area contributed by atoms with Gasteiger partial charge in [-0.2, -0.15) is 0 Å². The smallest absolute Gasteiger partial charge is 0.160 e. The van der Waals surface area contributed by atoms with Crippen LogP contribution in [0.4, 0.5) is 0 Å². The van der Waals surface area contributed by atoms with E-state index in [9.17, 15) is 4.79 Å². The summed E-state index contributed by atoms with van der Waals surface area (Å²) >= 11 is 1.81. The molecule has 0 aliphatic heterocycles. The minimum absolute atomic E-state index is 0.299. The van der Waals surface area contributed by atoms with E-state index in [1.54, 1.807) is 0 Å². The molecule has 64 valence electrons. The fourth-order valence-corrected chi connectivity index (χ4v) is 2.73. The van der Waals surface area contributed by atoms with E-state index < -0.39 is 0 Å². The molecule has 2 heteroatoms. The first-order valence-electron chi connectivity index (χ1n) is 4.31. The number of hydrogen-bond acceptors (Lipinski definition) is 2. The van der Waals surface area contributed by atoms with Crippen LogP contribution in [0.15, 0.2) is 22.1 Å². The van der Waals surface area contributed by atoms with Gasteiger partial charge in [0.1, 0.15) is 0 Å². The van der Waals surface area contributed by atoms with Crippen molar-refractivity contribution in [2.75, 3.05) is 6.26 Å². The molecule has 0 saturated heterocycles. The highest BCUT2D eigenvalue weighted by Gasteiger charge is 2.24. The summed E-state index contributed by atoms with van der Waals surface area (Å²) < 4.78 is 0. The molecule has 2 aliphatic carbocycles. The summed E-state index contributed by atoms with van der Waals surface area (Å²) in [6.07, 6.45) is 8.13. The Morgan fingerprint density at radius 2 is 2.25 bits per heavy atom. The van der Waals surface area contributed by atoms with Crippen molar-refractivity contribution in [2.45, 2.75) is 25.7 Å². The van der Waals surface area contributed by atoms with E-state index >= 15 is 0 Å². The second-order valence-corrected chi connectivity index (χ2v) is 4.17. The fourth-order valence-electron chi connectivity index (χ4n) is 1.94. The summed E-state index contributed by atoms with van der Waals surface area (Å²) in [7, 11) is 0. The van der Waals surface area contributed by atoms with Crippen molar-refractivity contribution in [3.63, 3.8) is 0 Å². The van der Waals surface area contributed by atoms with Crippen LogP contribution in [0.5, 0.6) is 0 Å². The molecule has 2 rings (SSSR count). The second kappa shape index (κ2) is 3.09. The lowest BCUT2D eigenvalue weighted by Gasteiger charge is -2.17. The first kappa shape index (κ1) is 8.11. The van der Waals surface area contributed by atoms with E-state index in [4.69, 9.17) is 0 Å². The number of carbonyl (C=O) groups excluding carboxylic acids is 1. The number of carbonyl (C=O) groups is 1. The fraction of sp³-hybridized carbons (Fsp3) is 0.500. The molecule has 0 aromatic carbocycles. The van der Waals surface area contributed by atoms with E-state index in [-0.39, 0.29) is 0 Å². The van der Waals surface area contributed by atoms with Crippen LogP contribution in [0.25, 0.3) is 0 Å². The molecule has 0 amide bonds. The lowest BCUT2D eigenvalue weighted by atomic mass is 9.96. The Balaban J connectivity index is 2.39. The molecule has 2 aliphatic rings. The van der Waals surface area contributed by atoms with Crippen LogP contribution < -0.4 is 0 Å². The van der Waals surface area contributed by atoms with Gasteiger partial charge < -0.3 is 0 Å². The van der Waals surface area contributed by atoms with Gasteiger partial charge in [-0.05, 0) is 47.6 Å². The van der Waals surface area contributed by atoms with Gasteiger partial charge in [-0.15, -0.1) is 11.8 Å².